The van der Waals surface area contributed by atoms with Gasteiger partial charge in [0.25, 0.3) is 0 Å². The molecule has 8 heteroatoms. The summed E-state index contributed by atoms with van der Waals surface area (Å²) in [7, 11) is 9.22. The Balaban J connectivity index is 0.000000246. The van der Waals surface area contributed by atoms with Crippen molar-refractivity contribution in [1.82, 2.24) is 0 Å². The molecule has 0 spiro atoms. The van der Waals surface area contributed by atoms with Crippen LogP contribution < -0.4 is 21.2 Å². The number of hydrogen-bond donors (Lipinski definition) is 2. The molecule has 2 nitrogen and oxygen atoms in total. The van der Waals surface area contributed by atoms with E-state index in [1.54, 1.807) is 11.6 Å². The third kappa shape index (κ3) is 17.1. The second-order valence-electron chi connectivity index (χ2n) is 14.7. The molecule has 0 amide bonds. The molecule has 4 aliphatic carbocycles. The zero-order valence-corrected chi connectivity index (χ0v) is 39.9. The Morgan fingerprint density at radius 2 is 0.897 bits per heavy atom. The van der Waals surface area contributed by atoms with Gasteiger partial charge in [-0.15, -0.1) is 0 Å². The van der Waals surface area contributed by atoms with Gasteiger partial charge in [0.2, 0.25) is 0 Å². The van der Waals surface area contributed by atoms with Gasteiger partial charge in [-0.05, 0) is 143 Å². The molecule has 58 heavy (non-hydrogen) atoms. The van der Waals surface area contributed by atoms with Gasteiger partial charge in [-0.25, -0.2) is 0 Å². The van der Waals surface area contributed by atoms with Gasteiger partial charge >= 0.3 is 51.6 Å². The first-order valence-corrected chi connectivity index (χ1v) is 28.1. The normalized spacial score (nSPS) is 18.2. The van der Waals surface area contributed by atoms with Crippen LogP contribution in [0.3, 0.4) is 0 Å². The van der Waals surface area contributed by atoms with Crippen molar-refractivity contribution in [3.63, 3.8) is 0 Å². The molecule has 0 unspecified atom stereocenters. The zero-order valence-electron chi connectivity index (χ0n) is 33.7. The van der Waals surface area contributed by atoms with Crippen LogP contribution in [0.1, 0.15) is 71.1 Å². The van der Waals surface area contributed by atoms with Crippen LogP contribution in [0, 0.1) is 62.9 Å². The maximum atomic E-state index is 4.85. The molecule has 8 rings (SSSR count). The van der Waals surface area contributed by atoms with E-state index in [4.69, 9.17) is 19.4 Å². The predicted molar refractivity (Wildman–Crippen MR) is 252 cm³/mol. The van der Waals surface area contributed by atoms with Gasteiger partial charge in [0.15, 0.2) is 0 Å². The van der Waals surface area contributed by atoms with Crippen molar-refractivity contribution in [2.75, 3.05) is 23.7 Å². The number of rotatable bonds is 12. The van der Waals surface area contributed by atoms with Crippen LogP contribution in [0.4, 0.5) is 11.4 Å². The molecule has 0 aromatic heterocycles. The molecule has 2 N–H and O–H groups in total. The summed E-state index contributed by atoms with van der Waals surface area (Å²) in [5.41, 5.74) is 6.65. The topological polar surface area (TPSA) is 24.1 Å². The minimum absolute atomic E-state index is 0. The largest absolute Gasteiger partial charge is 2.00 e. The number of benzene rings is 4. The Morgan fingerprint density at radius 1 is 0.534 bits per heavy atom. The van der Waals surface area contributed by atoms with Gasteiger partial charge in [-0.2, -0.15) is 0 Å². The zero-order chi connectivity index (χ0) is 39.8. The second kappa shape index (κ2) is 30.2. The first-order chi connectivity index (χ1) is 28.2. The van der Waals surface area contributed by atoms with E-state index in [0.29, 0.717) is 5.66 Å². The maximum Gasteiger partial charge on any atom is 2.00 e. The van der Waals surface area contributed by atoms with E-state index in [9.17, 15) is 0 Å². The van der Waals surface area contributed by atoms with Crippen LogP contribution in [0.2, 0.25) is 0 Å². The molecule has 4 saturated carbocycles. The van der Waals surface area contributed by atoms with Crippen LogP contribution >= 0.6 is 35.2 Å². The number of para-hydroxylation sites is 2. The van der Waals surface area contributed by atoms with E-state index in [1.165, 1.54) is 74.8 Å². The molecule has 308 valence electrons. The molecular formula is C50H60Cl2FeN2P2Ru+2. The van der Waals surface area contributed by atoms with Crippen molar-refractivity contribution in [2.45, 2.75) is 88.1 Å². The first-order valence-electron chi connectivity index (χ1n) is 20.7. The van der Waals surface area contributed by atoms with Gasteiger partial charge in [0.1, 0.15) is 0 Å². The Kier molecular flexibility index (Phi) is 25.9. The van der Waals surface area contributed by atoms with Crippen LogP contribution in [0.5, 0.6) is 0 Å². The number of nitrogens with one attached hydrogen (secondary N) is 2. The Hall–Kier alpha value is -0.937. The van der Waals surface area contributed by atoms with Gasteiger partial charge in [-0.3, -0.25) is 0 Å². The van der Waals surface area contributed by atoms with E-state index in [2.05, 4.69) is 122 Å². The van der Waals surface area contributed by atoms with E-state index in [0.717, 1.165) is 35.8 Å². The summed E-state index contributed by atoms with van der Waals surface area (Å²) in [6, 6.07) is 43.1. The van der Waals surface area contributed by atoms with Crippen LogP contribution in [-0.4, -0.2) is 30.1 Å². The molecular weight excluding hydrogens is 918 g/mol. The minimum Gasteiger partial charge on any atom is -0.383 e. The Morgan fingerprint density at radius 3 is 1.28 bits per heavy atom. The predicted octanol–water partition coefficient (Wildman–Crippen LogP) is 14.0. The average Bonchev–Trinajstić information content (AvgIpc) is 4.03. The summed E-state index contributed by atoms with van der Waals surface area (Å²) in [5.74, 6) is 1.68. The van der Waals surface area contributed by atoms with Crippen LogP contribution in [0.25, 0.3) is 0 Å². The average molecular weight is 979 g/mol. The summed E-state index contributed by atoms with van der Waals surface area (Å²) in [6.07, 6.45) is 32.1. The van der Waals surface area contributed by atoms with Crippen LogP contribution in [0.15, 0.2) is 121 Å². The fourth-order valence-electron chi connectivity index (χ4n) is 8.26. The van der Waals surface area contributed by atoms with Gasteiger partial charge in [-0.1, -0.05) is 150 Å². The van der Waals surface area contributed by atoms with Crippen molar-refractivity contribution >= 4 is 57.2 Å². The summed E-state index contributed by atoms with van der Waals surface area (Å²) in [5, 5.41) is 9.67. The molecule has 1 atom stereocenters. The maximum absolute atomic E-state index is 4.85. The fourth-order valence-corrected chi connectivity index (χ4v) is 15.2. The second-order valence-corrected chi connectivity index (χ2v) is 22.6. The first kappa shape index (κ1) is 49.7. The molecule has 0 saturated heterocycles. The van der Waals surface area contributed by atoms with Crippen molar-refractivity contribution < 1.29 is 32.2 Å². The molecule has 4 aliphatic rings. The van der Waals surface area contributed by atoms with Crippen molar-refractivity contribution in [1.29, 1.82) is 0 Å². The smallest absolute Gasteiger partial charge is 0.383 e. The van der Waals surface area contributed by atoms with Gasteiger partial charge in [0, 0.05) is 30.1 Å². The van der Waals surface area contributed by atoms with Gasteiger partial charge in [0.05, 0.1) is 0 Å². The third-order valence-electron chi connectivity index (χ3n) is 10.9. The minimum atomic E-state index is -0.511. The van der Waals surface area contributed by atoms with E-state index >= 15 is 0 Å². The van der Waals surface area contributed by atoms with E-state index < -0.39 is 7.92 Å². The molecule has 4 aromatic rings. The quantitative estimate of drug-likeness (QED) is 0.0840. The summed E-state index contributed by atoms with van der Waals surface area (Å²) in [4.78, 5) is 0. The van der Waals surface area contributed by atoms with Crippen molar-refractivity contribution in [3.05, 3.63) is 184 Å². The molecule has 4 fully saturated rings. The monoisotopic (exact) mass is 978 g/mol. The van der Waals surface area contributed by atoms with Crippen LogP contribution in [-0.2, 0) is 32.2 Å². The number of hydrogen-bond acceptors (Lipinski definition) is 2. The standard InChI is InChI=1S/C31H39P2.C14H16N2.C5H5.2ClH.Fe.Ru/c1-25(32(26-15-6-2-7-16-26)27-17-8-3-9-18-27)30-23-14-24-31(30)33(28-19-10-4-11-20-28)29-21-12-5-13-22-29;1-3-7-13(8-4-1)15-11-12-16-14-9-5-2-6-10-14;1-2-4-5-3-1;;;;/h4-5,10-14,19-27H,2-3,6-9,15-18H2,1H3;1-10,15-16H,11-12H2;1-5H;2*1H;;/q;;;;;2*+2/p-2/t25-;;;;;;/m1....../s1. The van der Waals surface area contributed by atoms with Crippen molar-refractivity contribution in [2.24, 2.45) is 0 Å². The molecule has 10 radical (unpaired) electrons. The Bertz CT molecular complexity index is 1460. The summed E-state index contributed by atoms with van der Waals surface area (Å²) in [6.45, 7) is 4.45. The molecule has 0 heterocycles. The molecule has 0 aliphatic heterocycles. The molecule has 4 aromatic carbocycles. The van der Waals surface area contributed by atoms with Crippen molar-refractivity contribution in [3.8, 4) is 0 Å². The third-order valence-corrected chi connectivity index (χ3v) is 17.3. The van der Waals surface area contributed by atoms with Gasteiger partial charge < -0.3 is 10.6 Å². The van der Waals surface area contributed by atoms with E-state index in [-0.39, 0.29) is 40.1 Å². The summed E-state index contributed by atoms with van der Waals surface area (Å²) < 4.78 is 0. The Labute approximate surface area is 382 Å². The van der Waals surface area contributed by atoms with E-state index in [1.807, 2.05) is 68.5 Å². The number of halogens is 2. The molecule has 0 bridgehead atoms. The summed E-state index contributed by atoms with van der Waals surface area (Å²) >= 11 is -0.346. The SMILES string of the molecule is C[C@H]([C]1[CH][CH][CH][C]1P(c1ccccc1)c1ccccc1)P(C1CCCCC1)C1CCCCC1.[CH]1[CH][CH][CH][CH]1.[Cl][Ru][Cl].[Fe+2].c1ccc(NCCNc2ccccc2)cc1. The fraction of sp³-hybridized carbons (Fsp3) is 0.320. The number of anilines is 2.